The zero-order valence-corrected chi connectivity index (χ0v) is 10.1. The van der Waals surface area contributed by atoms with Crippen LogP contribution in [0.15, 0.2) is 24.3 Å². The molecule has 0 unspecified atom stereocenters. The summed E-state index contributed by atoms with van der Waals surface area (Å²) in [6.45, 7) is 0.402. The topological polar surface area (TPSA) is 37.9 Å². The van der Waals surface area contributed by atoms with Crippen LogP contribution in [0.3, 0.4) is 0 Å². The van der Waals surface area contributed by atoms with Gasteiger partial charge in [-0.25, -0.2) is 4.98 Å². The molecule has 3 nitrogen and oxygen atoms in total. The average Bonchev–Trinajstić information content (AvgIpc) is 2.73. The van der Waals surface area contributed by atoms with Gasteiger partial charge >= 0.3 is 0 Å². The van der Waals surface area contributed by atoms with Gasteiger partial charge in [0, 0.05) is 11.8 Å². The largest absolute Gasteiger partial charge is 0.368 e. The smallest absolute Gasteiger partial charge is 0.133 e. The van der Waals surface area contributed by atoms with Gasteiger partial charge in [0.15, 0.2) is 0 Å². The van der Waals surface area contributed by atoms with Crippen LogP contribution in [0.2, 0.25) is 0 Å². The van der Waals surface area contributed by atoms with Gasteiger partial charge in [-0.3, -0.25) is 0 Å². The lowest BCUT2D eigenvalue weighted by molar-refractivity contribution is 0.0662. The van der Waals surface area contributed by atoms with Gasteiger partial charge in [0.05, 0.1) is 17.1 Å². The molecule has 0 radical (unpaired) electrons. The number of benzene rings is 1. The summed E-state index contributed by atoms with van der Waals surface area (Å²) in [6, 6.07) is 7.85. The van der Waals surface area contributed by atoms with E-state index in [1.807, 2.05) is 24.3 Å². The molecule has 0 saturated heterocycles. The summed E-state index contributed by atoms with van der Waals surface area (Å²) in [5.41, 5.74) is 1.95. The van der Waals surface area contributed by atoms with E-state index in [1.165, 1.54) is 0 Å². The van der Waals surface area contributed by atoms with Gasteiger partial charge in [-0.15, -0.1) is 23.2 Å². The van der Waals surface area contributed by atoms with Gasteiger partial charge in [-0.05, 0) is 12.1 Å². The number of alkyl halides is 2. The summed E-state index contributed by atoms with van der Waals surface area (Å²) in [5, 5.41) is 0. The second-order valence-electron chi connectivity index (χ2n) is 3.44. The molecule has 1 aromatic heterocycles. The first-order chi connectivity index (χ1) is 7.83. The number of aromatic amines is 1. The lowest BCUT2D eigenvalue weighted by atomic mass is 10.3. The molecule has 0 atom stereocenters. The number of hydrogen-bond acceptors (Lipinski definition) is 2. The minimum Gasteiger partial charge on any atom is -0.368 e. The lowest BCUT2D eigenvalue weighted by Gasteiger charge is -2.09. The van der Waals surface area contributed by atoms with E-state index in [2.05, 4.69) is 9.97 Å². The second kappa shape index (κ2) is 5.53. The molecule has 0 fully saturated rings. The molecule has 1 heterocycles. The molecule has 0 saturated carbocycles. The summed E-state index contributed by atoms with van der Waals surface area (Å²) >= 11 is 11.3. The van der Waals surface area contributed by atoms with Crippen molar-refractivity contribution in [3.8, 4) is 0 Å². The molecule has 0 aliphatic carbocycles. The number of imidazole rings is 1. The zero-order valence-electron chi connectivity index (χ0n) is 8.62. The third-order valence-electron chi connectivity index (χ3n) is 2.24. The number of rotatable bonds is 5. The standard InChI is InChI=1S/C11H12Cl2N2O/c12-5-8(6-13)16-7-11-14-9-3-1-2-4-10(9)15-11/h1-4,8H,5-7H2,(H,14,15). The van der Waals surface area contributed by atoms with E-state index in [9.17, 15) is 0 Å². The highest BCUT2D eigenvalue weighted by Gasteiger charge is 2.08. The summed E-state index contributed by atoms with van der Waals surface area (Å²) in [5.74, 6) is 1.58. The maximum Gasteiger partial charge on any atom is 0.133 e. The van der Waals surface area contributed by atoms with Crippen molar-refractivity contribution in [2.24, 2.45) is 0 Å². The highest BCUT2D eigenvalue weighted by Crippen LogP contribution is 2.11. The fraction of sp³-hybridized carbons (Fsp3) is 0.364. The first-order valence-electron chi connectivity index (χ1n) is 5.00. The van der Waals surface area contributed by atoms with E-state index < -0.39 is 0 Å². The van der Waals surface area contributed by atoms with Crippen LogP contribution < -0.4 is 0 Å². The molecule has 5 heteroatoms. The lowest BCUT2D eigenvalue weighted by Crippen LogP contribution is -2.16. The van der Waals surface area contributed by atoms with Crippen molar-refractivity contribution >= 4 is 34.2 Å². The molecule has 0 spiro atoms. The predicted molar refractivity (Wildman–Crippen MR) is 66.1 cm³/mol. The van der Waals surface area contributed by atoms with Crippen LogP contribution in [-0.4, -0.2) is 27.8 Å². The molecule has 0 bridgehead atoms. The Kier molecular flexibility index (Phi) is 4.04. The van der Waals surface area contributed by atoms with Crippen molar-refractivity contribution in [2.45, 2.75) is 12.7 Å². The van der Waals surface area contributed by atoms with Crippen molar-refractivity contribution in [2.75, 3.05) is 11.8 Å². The quantitative estimate of drug-likeness (QED) is 0.838. The molecule has 2 rings (SSSR count). The third-order valence-corrected chi connectivity index (χ3v) is 2.93. The Bertz CT molecular complexity index is 421. The van der Waals surface area contributed by atoms with Crippen LogP contribution >= 0.6 is 23.2 Å². The van der Waals surface area contributed by atoms with Crippen LogP contribution in [0.5, 0.6) is 0 Å². The maximum atomic E-state index is 5.67. The average molecular weight is 259 g/mol. The molecule has 86 valence electrons. The number of fused-ring (bicyclic) bond motifs is 1. The van der Waals surface area contributed by atoms with Gasteiger partial charge in [0.1, 0.15) is 12.4 Å². The Labute approximate surface area is 104 Å². The fourth-order valence-electron chi connectivity index (χ4n) is 1.40. The van der Waals surface area contributed by atoms with E-state index >= 15 is 0 Å². The summed E-state index contributed by atoms with van der Waals surface area (Å²) in [7, 11) is 0. The number of halogens is 2. The molecule has 2 aromatic rings. The molecule has 0 aliphatic rings. The number of para-hydroxylation sites is 2. The first kappa shape index (κ1) is 11.7. The number of nitrogens with zero attached hydrogens (tertiary/aromatic N) is 1. The molecule has 1 N–H and O–H groups in total. The summed E-state index contributed by atoms with van der Waals surface area (Å²) in [4.78, 5) is 7.56. The number of hydrogen-bond donors (Lipinski definition) is 1. The van der Waals surface area contributed by atoms with Crippen molar-refractivity contribution in [1.29, 1.82) is 0 Å². The van der Waals surface area contributed by atoms with Crippen LogP contribution in [-0.2, 0) is 11.3 Å². The van der Waals surface area contributed by atoms with Crippen LogP contribution in [0.25, 0.3) is 11.0 Å². The van der Waals surface area contributed by atoms with Gasteiger partial charge in [-0.2, -0.15) is 0 Å². The Morgan fingerprint density at radius 3 is 2.69 bits per heavy atom. The van der Waals surface area contributed by atoms with Crippen LogP contribution in [0.4, 0.5) is 0 Å². The highest BCUT2D eigenvalue weighted by molar-refractivity contribution is 6.21. The Hall–Kier alpha value is -0.770. The fourth-order valence-corrected chi connectivity index (χ4v) is 1.91. The number of H-pyrrole nitrogens is 1. The SMILES string of the molecule is ClCC(CCl)OCc1nc2ccccc2[nH]1. The minimum absolute atomic E-state index is 0.128. The van der Waals surface area contributed by atoms with Crippen LogP contribution in [0, 0.1) is 0 Å². The first-order valence-corrected chi connectivity index (χ1v) is 6.07. The Balaban J connectivity index is 2.04. The van der Waals surface area contributed by atoms with Crippen molar-refractivity contribution in [1.82, 2.24) is 9.97 Å². The van der Waals surface area contributed by atoms with E-state index in [0.29, 0.717) is 18.4 Å². The summed E-state index contributed by atoms with van der Waals surface area (Å²) < 4.78 is 5.50. The predicted octanol–water partition coefficient (Wildman–Crippen LogP) is 2.93. The Morgan fingerprint density at radius 2 is 2.00 bits per heavy atom. The monoisotopic (exact) mass is 258 g/mol. The Morgan fingerprint density at radius 1 is 1.25 bits per heavy atom. The van der Waals surface area contributed by atoms with Crippen molar-refractivity contribution < 1.29 is 4.74 Å². The summed E-state index contributed by atoms with van der Waals surface area (Å²) in [6.07, 6.45) is -0.128. The normalized spacial score (nSPS) is 11.4. The van der Waals surface area contributed by atoms with E-state index in [4.69, 9.17) is 27.9 Å². The van der Waals surface area contributed by atoms with E-state index in [-0.39, 0.29) is 6.10 Å². The van der Waals surface area contributed by atoms with Gasteiger partial charge in [0.25, 0.3) is 0 Å². The highest BCUT2D eigenvalue weighted by atomic mass is 35.5. The molecule has 0 amide bonds. The zero-order chi connectivity index (χ0) is 11.4. The van der Waals surface area contributed by atoms with Crippen molar-refractivity contribution in [3.63, 3.8) is 0 Å². The van der Waals surface area contributed by atoms with Gasteiger partial charge < -0.3 is 9.72 Å². The van der Waals surface area contributed by atoms with Gasteiger partial charge in [0.2, 0.25) is 0 Å². The third kappa shape index (κ3) is 2.67. The van der Waals surface area contributed by atoms with E-state index in [0.717, 1.165) is 16.9 Å². The molecular formula is C11H12Cl2N2O. The molecule has 1 aromatic carbocycles. The van der Waals surface area contributed by atoms with Crippen molar-refractivity contribution in [3.05, 3.63) is 30.1 Å². The van der Waals surface area contributed by atoms with Crippen LogP contribution in [0.1, 0.15) is 5.82 Å². The van der Waals surface area contributed by atoms with Gasteiger partial charge in [-0.1, -0.05) is 12.1 Å². The molecular weight excluding hydrogens is 247 g/mol. The second-order valence-corrected chi connectivity index (χ2v) is 4.06. The minimum atomic E-state index is -0.128. The number of nitrogens with one attached hydrogen (secondary N) is 1. The van der Waals surface area contributed by atoms with E-state index in [1.54, 1.807) is 0 Å². The number of aromatic nitrogens is 2. The maximum absolute atomic E-state index is 5.67. The molecule has 0 aliphatic heterocycles. The molecule has 16 heavy (non-hydrogen) atoms. The number of ether oxygens (including phenoxy) is 1.